The fourth-order valence-electron chi connectivity index (χ4n) is 2.76. The highest BCUT2D eigenvalue weighted by atomic mass is 35.5. The zero-order valence-electron chi connectivity index (χ0n) is 10.7. The van der Waals surface area contributed by atoms with Crippen LogP contribution in [0.2, 0.25) is 5.02 Å². The van der Waals surface area contributed by atoms with E-state index in [4.69, 9.17) is 17.3 Å². The molecule has 0 fully saturated rings. The van der Waals surface area contributed by atoms with Gasteiger partial charge >= 0.3 is 0 Å². The van der Waals surface area contributed by atoms with Gasteiger partial charge in [-0.05, 0) is 28.8 Å². The van der Waals surface area contributed by atoms with E-state index in [9.17, 15) is 0 Å². The Balaban J connectivity index is 1.83. The van der Waals surface area contributed by atoms with Crippen molar-refractivity contribution in [2.75, 3.05) is 6.54 Å². The van der Waals surface area contributed by atoms with E-state index in [2.05, 4.69) is 41.3 Å². The van der Waals surface area contributed by atoms with Gasteiger partial charge in [-0.25, -0.2) is 0 Å². The van der Waals surface area contributed by atoms with Crippen LogP contribution in [-0.4, -0.2) is 11.4 Å². The third kappa shape index (κ3) is 2.52. The number of hydrogen-bond donors (Lipinski definition) is 1. The molecular weight excluding hydrogens is 256 g/mol. The lowest BCUT2D eigenvalue weighted by molar-refractivity contribution is 0.205. The first kappa shape index (κ1) is 12.7. The van der Waals surface area contributed by atoms with Gasteiger partial charge in [0.2, 0.25) is 0 Å². The van der Waals surface area contributed by atoms with E-state index >= 15 is 0 Å². The van der Waals surface area contributed by atoms with Crippen molar-refractivity contribution in [3.8, 4) is 0 Å². The fourth-order valence-corrected chi connectivity index (χ4v) is 2.89. The van der Waals surface area contributed by atoms with Gasteiger partial charge < -0.3 is 5.73 Å². The van der Waals surface area contributed by atoms with Crippen molar-refractivity contribution in [3.63, 3.8) is 0 Å². The van der Waals surface area contributed by atoms with Crippen molar-refractivity contribution < 1.29 is 0 Å². The topological polar surface area (TPSA) is 29.3 Å². The normalized spacial score (nSPS) is 16.3. The maximum atomic E-state index is 5.98. The number of halogens is 1. The van der Waals surface area contributed by atoms with Gasteiger partial charge in [0, 0.05) is 30.7 Å². The van der Waals surface area contributed by atoms with Crippen molar-refractivity contribution in [1.29, 1.82) is 0 Å². The second-order valence-corrected chi connectivity index (χ2v) is 5.41. The van der Waals surface area contributed by atoms with Crippen molar-refractivity contribution in [2.45, 2.75) is 19.1 Å². The van der Waals surface area contributed by atoms with E-state index in [1.165, 1.54) is 16.7 Å². The minimum Gasteiger partial charge on any atom is -0.329 e. The molecule has 98 valence electrons. The van der Waals surface area contributed by atoms with Crippen LogP contribution in [0.4, 0.5) is 0 Å². The second-order valence-electron chi connectivity index (χ2n) is 4.98. The largest absolute Gasteiger partial charge is 0.329 e. The van der Waals surface area contributed by atoms with Crippen LogP contribution in [0.15, 0.2) is 48.5 Å². The molecular formula is C16H17ClN2. The molecule has 0 radical (unpaired) electrons. The predicted octanol–water partition coefficient (Wildman–Crippen LogP) is 3.36. The summed E-state index contributed by atoms with van der Waals surface area (Å²) in [5.74, 6) is 0. The zero-order chi connectivity index (χ0) is 13.2. The van der Waals surface area contributed by atoms with Crippen LogP contribution in [0.3, 0.4) is 0 Å². The number of nitrogens with zero attached hydrogens (tertiary/aromatic N) is 1. The summed E-state index contributed by atoms with van der Waals surface area (Å²) in [6.45, 7) is 2.57. The number of rotatable bonds is 3. The Labute approximate surface area is 118 Å². The summed E-state index contributed by atoms with van der Waals surface area (Å²) in [4.78, 5) is 2.42. The summed E-state index contributed by atoms with van der Waals surface area (Å²) in [6.07, 6.45) is 0. The molecule has 3 heteroatoms. The molecule has 0 aromatic heterocycles. The Bertz CT molecular complexity index is 540. The number of hydrogen-bond acceptors (Lipinski definition) is 2. The molecule has 0 spiro atoms. The second kappa shape index (κ2) is 5.33. The molecule has 0 bridgehead atoms. The maximum absolute atomic E-state index is 5.98. The monoisotopic (exact) mass is 272 g/mol. The molecule has 2 N–H and O–H groups in total. The third-order valence-corrected chi connectivity index (χ3v) is 4.04. The standard InChI is InChI=1S/C16H17ClN2/c17-15-7-5-12(6-8-15)16(9-18)19-10-13-3-1-2-4-14(13)11-19/h1-8,16H,9-11,18H2. The molecule has 19 heavy (non-hydrogen) atoms. The molecule has 1 unspecified atom stereocenters. The summed E-state index contributed by atoms with van der Waals surface area (Å²) < 4.78 is 0. The van der Waals surface area contributed by atoms with E-state index in [1.54, 1.807) is 0 Å². The molecule has 1 heterocycles. The summed E-state index contributed by atoms with van der Waals surface area (Å²) >= 11 is 5.95. The maximum Gasteiger partial charge on any atom is 0.0477 e. The highest BCUT2D eigenvalue weighted by molar-refractivity contribution is 6.30. The quantitative estimate of drug-likeness (QED) is 0.928. The molecule has 1 atom stereocenters. The van der Waals surface area contributed by atoms with Gasteiger partial charge in [-0.3, -0.25) is 4.90 Å². The molecule has 3 rings (SSSR count). The first-order valence-electron chi connectivity index (χ1n) is 6.54. The van der Waals surface area contributed by atoms with Crippen molar-refractivity contribution in [2.24, 2.45) is 5.73 Å². The Morgan fingerprint density at radius 1 is 1.00 bits per heavy atom. The Kier molecular flexibility index (Phi) is 3.56. The number of fused-ring (bicyclic) bond motifs is 1. The lowest BCUT2D eigenvalue weighted by atomic mass is 10.1. The average Bonchev–Trinajstić information content (AvgIpc) is 2.85. The van der Waals surface area contributed by atoms with Crippen LogP contribution < -0.4 is 5.73 Å². The first-order valence-corrected chi connectivity index (χ1v) is 6.92. The minimum absolute atomic E-state index is 0.254. The first-order chi connectivity index (χ1) is 9.28. The van der Waals surface area contributed by atoms with Crippen LogP contribution in [0.1, 0.15) is 22.7 Å². The Hall–Kier alpha value is -1.35. The predicted molar refractivity (Wildman–Crippen MR) is 78.9 cm³/mol. The minimum atomic E-state index is 0.254. The lowest BCUT2D eigenvalue weighted by Crippen LogP contribution is -2.29. The highest BCUT2D eigenvalue weighted by Crippen LogP contribution is 2.31. The molecule has 2 aromatic rings. The van der Waals surface area contributed by atoms with Gasteiger partial charge in [0.25, 0.3) is 0 Å². The van der Waals surface area contributed by atoms with E-state index < -0.39 is 0 Å². The summed E-state index contributed by atoms with van der Waals surface area (Å²) in [6, 6.07) is 16.9. The van der Waals surface area contributed by atoms with Crippen molar-refractivity contribution in [1.82, 2.24) is 4.90 Å². The summed E-state index contributed by atoms with van der Waals surface area (Å²) in [5.41, 5.74) is 10.0. The average molecular weight is 273 g/mol. The molecule has 2 aromatic carbocycles. The van der Waals surface area contributed by atoms with Gasteiger partial charge in [0.15, 0.2) is 0 Å². The van der Waals surface area contributed by atoms with E-state index in [0.29, 0.717) is 6.54 Å². The highest BCUT2D eigenvalue weighted by Gasteiger charge is 2.25. The summed E-state index contributed by atoms with van der Waals surface area (Å²) in [5, 5.41) is 0.768. The van der Waals surface area contributed by atoms with Gasteiger partial charge in [0.1, 0.15) is 0 Å². The lowest BCUT2D eigenvalue weighted by Gasteiger charge is -2.26. The van der Waals surface area contributed by atoms with Crippen molar-refractivity contribution >= 4 is 11.6 Å². The van der Waals surface area contributed by atoms with Gasteiger partial charge in [-0.1, -0.05) is 48.0 Å². The Morgan fingerprint density at radius 3 is 2.11 bits per heavy atom. The molecule has 0 amide bonds. The molecule has 1 aliphatic heterocycles. The number of benzene rings is 2. The van der Waals surface area contributed by atoms with Crippen LogP contribution >= 0.6 is 11.6 Å². The molecule has 2 nitrogen and oxygen atoms in total. The molecule has 0 aliphatic carbocycles. The number of nitrogens with two attached hydrogens (primary N) is 1. The van der Waals surface area contributed by atoms with Gasteiger partial charge in [0.05, 0.1) is 0 Å². The van der Waals surface area contributed by atoms with E-state index in [-0.39, 0.29) is 6.04 Å². The molecule has 1 aliphatic rings. The van der Waals surface area contributed by atoms with Gasteiger partial charge in [-0.2, -0.15) is 0 Å². The van der Waals surface area contributed by atoms with Gasteiger partial charge in [-0.15, -0.1) is 0 Å². The third-order valence-electron chi connectivity index (χ3n) is 3.78. The van der Waals surface area contributed by atoms with Crippen LogP contribution in [0.25, 0.3) is 0 Å². The van der Waals surface area contributed by atoms with Crippen LogP contribution in [0.5, 0.6) is 0 Å². The van der Waals surface area contributed by atoms with Crippen LogP contribution in [-0.2, 0) is 13.1 Å². The Morgan fingerprint density at radius 2 is 1.58 bits per heavy atom. The van der Waals surface area contributed by atoms with Crippen molar-refractivity contribution in [3.05, 3.63) is 70.2 Å². The molecule has 0 saturated heterocycles. The fraction of sp³-hybridized carbons (Fsp3) is 0.250. The van der Waals surface area contributed by atoms with Crippen LogP contribution in [0, 0.1) is 0 Å². The summed E-state index contributed by atoms with van der Waals surface area (Å²) in [7, 11) is 0. The smallest absolute Gasteiger partial charge is 0.0477 e. The zero-order valence-corrected chi connectivity index (χ0v) is 11.5. The van der Waals surface area contributed by atoms with E-state index in [1.807, 2.05) is 12.1 Å². The SMILES string of the molecule is NCC(c1ccc(Cl)cc1)N1Cc2ccccc2C1. The van der Waals surface area contributed by atoms with E-state index in [0.717, 1.165) is 18.1 Å². The molecule has 0 saturated carbocycles.